The molecule has 2 aliphatic rings. The highest BCUT2D eigenvalue weighted by atomic mass is 16.6. The molecule has 26 heavy (non-hydrogen) atoms. The van der Waals surface area contributed by atoms with E-state index in [-0.39, 0.29) is 23.3 Å². The third-order valence-corrected chi connectivity index (χ3v) is 6.13. The van der Waals surface area contributed by atoms with E-state index in [1.165, 1.54) is 0 Å². The maximum Gasteiger partial charge on any atom is 0.316 e. The van der Waals surface area contributed by atoms with Crippen LogP contribution in [0, 0.1) is 11.8 Å². The number of methoxy groups -OCH3 is 1. The maximum atomic E-state index is 12.8. The number of Topliss-reactive ketones (excluding diaryl/α,β-unsaturated/α-hetero) is 1. The fourth-order valence-corrected chi connectivity index (χ4v) is 4.35. The molecule has 0 aliphatic carbocycles. The predicted molar refractivity (Wildman–Crippen MR) is 101 cm³/mol. The molecule has 2 heterocycles. The van der Waals surface area contributed by atoms with Gasteiger partial charge in [0.2, 0.25) is 0 Å². The Balaban J connectivity index is 2.25. The van der Waals surface area contributed by atoms with Gasteiger partial charge in [-0.2, -0.15) is 0 Å². The average Bonchev–Trinajstić information content (AvgIpc) is 2.60. The molecular formula is C20H36N2O4. The number of ketones is 1. The molecule has 0 amide bonds. The topological polar surface area (TPSA) is 67.9 Å². The van der Waals surface area contributed by atoms with E-state index >= 15 is 0 Å². The first-order valence-corrected chi connectivity index (χ1v) is 9.91. The lowest BCUT2D eigenvalue weighted by Crippen LogP contribution is -2.52. The van der Waals surface area contributed by atoms with Crippen LogP contribution >= 0.6 is 0 Å². The number of ether oxygens (including phenoxy) is 2. The van der Waals surface area contributed by atoms with E-state index in [2.05, 4.69) is 24.2 Å². The first kappa shape index (κ1) is 21.3. The highest BCUT2D eigenvalue weighted by Crippen LogP contribution is 2.31. The first-order chi connectivity index (χ1) is 12.2. The molecule has 0 radical (unpaired) electrons. The molecule has 3 atom stereocenters. The molecular weight excluding hydrogens is 332 g/mol. The number of piperidine rings is 1. The Bertz CT molecular complexity index is 504. The molecule has 2 fully saturated rings. The highest BCUT2D eigenvalue weighted by molar-refractivity contribution is 5.99. The van der Waals surface area contributed by atoms with Crippen molar-refractivity contribution in [2.45, 2.75) is 64.1 Å². The fourth-order valence-electron chi connectivity index (χ4n) is 4.35. The summed E-state index contributed by atoms with van der Waals surface area (Å²) >= 11 is 0. The molecule has 1 N–H and O–H groups in total. The van der Waals surface area contributed by atoms with Gasteiger partial charge in [0.15, 0.2) is 0 Å². The van der Waals surface area contributed by atoms with Crippen molar-refractivity contribution < 1.29 is 19.1 Å². The van der Waals surface area contributed by atoms with E-state index in [1.807, 2.05) is 6.92 Å². The van der Waals surface area contributed by atoms with Crippen molar-refractivity contribution in [2.24, 2.45) is 11.8 Å². The lowest BCUT2D eigenvalue weighted by Gasteiger charge is -2.40. The van der Waals surface area contributed by atoms with E-state index in [0.29, 0.717) is 13.0 Å². The molecule has 1 spiro atoms. The summed E-state index contributed by atoms with van der Waals surface area (Å²) in [5.74, 6) is -1.39. The number of nitrogens with one attached hydrogen (secondary N) is 1. The molecule has 6 heteroatoms. The van der Waals surface area contributed by atoms with Crippen molar-refractivity contribution in [1.82, 2.24) is 10.2 Å². The lowest BCUT2D eigenvalue weighted by molar-refractivity contribution is -0.171. The summed E-state index contributed by atoms with van der Waals surface area (Å²) in [6.45, 7) is 8.94. The average molecular weight is 369 g/mol. The van der Waals surface area contributed by atoms with Gasteiger partial charge in [0.1, 0.15) is 17.3 Å². The van der Waals surface area contributed by atoms with Gasteiger partial charge in [0.25, 0.3) is 0 Å². The zero-order valence-electron chi connectivity index (χ0n) is 17.1. The molecule has 0 aromatic rings. The van der Waals surface area contributed by atoms with Crippen molar-refractivity contribution in [3.63, 3.8) is 0 Å². The fraction of sp³-hybridized carbons (Fsp3) is 0.900. The number of rotatable bonds is 1. The van der Waals surface area contributed by atoms with Gasteiger partial charge < -0.3 is 19.7 Å². The van der Waals surface area contributed by atoms with Crippen LogP contribution in [0.15, 0.2) is 0 Å². The Morgan fingerprint density at radius 1 is 1.19 bits per heavy atom. The number of carbonyl (C=O) groups is 2. The van der Waals surface area contributed by atoms with Crippen molar-refractivity contribution in [3.05, 3.63) is 0 Å². The van der Waals surface area contributed by atoms with E-state index in [1.54, 1.807) is 14.0 Å². The van der Waals surface area contributed by atoms with Gasteiger partial charge in [-0.1, -0.05) is 6.92 Å². The minimum absolute atomic E-state index is 0.0463. The van der Waals surface area contributed by atoms with Gasteiger partial charge in [-0.05, 0) is 59.8 Å². The summed E-state index contributed by atoms with van der Waals surface area (Å²) in [5.41, 5.74) is -0.840. The highest BCUT2D eigenvalue weighted by Gasteiger charge is 2.41. The van der Waals surface area contributed by atoms with Crippen LogP contribution < -0.4 is 5.32 Å². The molecule has 2 aliphatic heterocycles. The van der Waals surface area contributed by atoms with Gasteiger partial charge in [-0.25, -0.2) is 0 Å². The van der Waals surface area contributed by atoms with Gasteiger partial charge in [-0.3, -0.25) is 9.59 Å². The summed E-state index contributed by atoms with van der Waals surface area (Å²) in [6, 6.07) is 0. The van der Waals surface area contributed by atoms with Crippen molar-refractivity contribution in [2.75, 3.05) is 40.3 Å². The normalized spacial score (nSPS) is 35.3. The molecule has 0 saturated carbocycles. The van der Waals surface area contributed by atoms with Crippen LogP contribution in [0.25, 0.3) is 0 Å². The summed E-state index contributed by atoms with van der Waals surface area (Å²) in [7, 11) is 3.79. The van der Waals surface area contributed by atoms with Crippen LogP contribution in [0.5, 0.6) is 0 Å². The van der Waals surface area contributed by atoms with E-state index in [0.717, 1.165) is 45.3 Å². The summed E-state index contributed by atoms with van der Waals surface area (Å²) in [6.07, 6.45) is 4.08. The number of hydrogen-bond donors (Lipinski definition) is 1. The first-order valence-electron chi connectivity index (χ1n) is 9.91. The SMILES string of the molecule is CO[C@]1(C)CCCN(C)CC2(CCNCC2)OC(=O)C(C)C(=O)C(C)C1. The van der Waals surface area contributed by atoms with Crippen molar-refractivity contribution in [3.8, 4) is 0 Å². The van der Waals surface area contributed by atoms with E-state index in [9.17, 15) is 9.59 Å². The second kappa shape index (κ2) is 8.81. The smallest absolute Gasteiger partial charge is 0.316 e. The summed E-state index contributed by atoms with van der Waals surface area (Å²) in [4.78, 5) is 27.8. The van der Waals surface area contributed by atoms with Gasteiger partial charge in [-0.15, -0.1) is 0 Å². The Morgan fingerprint density at radius 3 is 2.46 bits per heavy atom. The standard InChI is InChI=1S/C20H36N2O4/c1-15-13-19(3,25-5)7-6-12-22(4)14-20(8-10-21-11-9-20)26-18(24)16(2)17(15)23/h15-16,21H,6-14H2,1-5H3/t15?,16?,19-/m1/s1. The molecule has 0 aromatic carbocycles. The van der Waals surface area contributed by atoms with Crippen LogP contribution in [0.2, 0.25) is 0 Å². The number of esters is 1. The minimum Gasteiger partial charge on any atom is -0.457 e. The van der Waals surface area contributed by atoms with Crippen molar-refractivity contribution in [1.29, 1.82) is 0 Å². The molecule has 0 aromatic heterocycles. The number of nitrogens with zero attached hydrogens (tertiary/aromatic N) is 1. The van der Waals surface area contributed by atoms with E-state index < -0.39 is 11.5 Å². The van der Waals surface area contributed by atoms with Crippen LogP contribution in [0.1, 0.15) is 52.9 Å². The van der Waals surface area contributed by atoms with Gasteiger partial charge in [0, 0.05) is 32.4 Å². The second-order valence-corrected chi connectivity index (χ2v) is 8.58. The Morgan fingerprint density at radius 2 is 1.85 bits per heavy atom. The quantitative estimate of drug-likeness (QED) is 0.564. The van der Waals surface area contributed by atoms with Crippen LogP contribution in [-0.2, 0) is 19.1 Å². The van der Waals surface area contributed by atoms with Gasteiger partial charge in [0.05, 0.1) is 5.60 Å². The Hall–Kier alpha value is -0.980. The van der Waals surface area contributed by atoms with Crippen LogP contribution in [0.4, 0.5) is 0 Å². The Kier molecular flexibility index (Phi) is 7.22. The largest absolute Gasteiger partial charge is 0.457 e. The molecule has 2 unspecified atom stereocenters. The van der Waals surface area contributed by atoms with Crippen molar-refractivity contribution >= 4 is 11.8 Å². The zero-order valence-corrected chi connectivity index (χ0v) is 17.1. The molecule has 2 rings (SSSR count). The zero-order chi connectivity index (χ0) is 19.4. The second-order valence-electron chi connectivity index (χ2n) is 8.58. The monoisotopic (exact) mass is 368 g/mol. The summed E-state index contributed by atoms with van der Waals surface area (Å²) in [5, 5.41) is 3.33. The molecule has 2 saturated heterocycles. The maximum absolute atomic E-state index is 12.8. The number of carbonyl (C=O) groups excluding carboxylic acids is 2. The molecule has 0 bridgehead atoms. The number of hydrogen-bond acceptors (Lipinski definition) is 6. The third-order valence-electron chi connectivity index (χ3n) is 6.13. The predicted octanol–water partition coefficient (Wildman–Crippen LogP) is 2.01. The third kappa shape index (κ3) is 5.27. The van der Waals surface area contributed by atoms with E-state index in [4.69, 9.17) is 9.47 Å². The number of likely N-dealkylation sites (N-methyl/N-ethyl adjacent to an activating group) is 1. The summed E-state index contributed by atoms with van der Waals surface area (Å²) < 4.78 is 11.7. The Labute approximate surface area is 158 Å². The minimum atomic E-state index is -0.732. The van der Waals surface area contributed by atoms with Gasteiger partial charge >= 0.3 is 5.97 Å². The lowest BCUT2D eigenvalue weighted by atomic mass is 9.83. The van der Waals surface area contributed by atoms with Crippen LogP contribution in [-0.4, -0.2) is 68.2 Å². The molecule has 150 valence electrons. The molecule has 6 nitrogen and oxygen atoms in total. The van der Waals surface area contributed by atoms with Crippen LogP contribution in [0.3, 0.4) is 0 Å².